The Bertz CT molecular complexity index is 1250. The van der Waals surface area contributed by atoms with Crippen LogP contribution in [-0.4, -0.2) is 51.5 Å². The molecule has 1 saturated heterocycles. The highest BCUT2D eigenvalue weighted by molar-refractivity contribution is 6.02. The first-order valence-electron chi connectivity index (χ1n) is 14.1. The van der Waals surface area contributed by atoms with Crippen molar-refractivity contribution in [1.82, 2.24) is 14.8 Å². The van der Waals surface area contributed by atoms with E-state index in [4.69, 9.17) is 0 Å². The summed E-state index contributed by atoms with van der Waals surface area (Å²) in [6, 6.07) is 6.51. The smallest absolute Gasteiger partial charge is 0.306 e. The van der Waals surface area contributed by atoms with Gasteiger partial charge in [0.2, 0.25) is 0 Å². The Morgan fingerprint density at radius 1 is 1.03 bits per heavy atom. The Labute approximate surface area is 225 Å². The van der Waals surface area contributed by atoms with Crippen molar-refractivity contribution in [2.24, 2.45) is 5.92 Å². The summed E-state index contributed by atoms with van der Waals surface area (Å²) in [5.41, 5.74) is 5.19. The predicted molar refractivity (Wildman–Crippen MR) is 147 cm³/mol. The second-order valence-electron chi connectivity index (χ2n) is 13.0. The van der Waals surface area contributed by atoms with Crippen LogP contribution in [0.2, 0.25) is 0 Å². The molecule has 2 N–H and O–H groups in total. The van der Waals surface area contributed by atoms with E-state index in [0.717, 1.165) is 50.9 Å². The Kier molecular flexibility index (Phi) is 6.69. The van der Waals surface area contributed by atoms with E-state index in [1.807, 2.05) is 22.6 Å². The minimum atomic E-state index is -0.814. The third-order valence-corrected chi connectivity index (χ3v) is 8.93. The summed E-state index contributed by atoms with van der Waals surface area (Å²) in [5, 5.41) is 12.2. The molecule has 0 atom stereocenters. The summed E-state index contributed by atoms with van der Waals surface area (Å²) in [7, 11) is 0. The summed E-state index contributed by atoms with van der Waals surface area (Å²) in [4.78, 5) is 40.5. The molecule has 5 rings (SSSR count). The van der Waals surface area contributed by atoms with Crippen LogP contribution >= 0.6 is 0 Å². The molecule has 38 heavy (non-hydrogen) atoms. The highest BCUT2D eigenvalue weighted by Gasteiger charge is 2.40. The SMILES string of the molecule is Cc1c(C(=O)N[C@H]2C[C@H](C(=O)O)C2)cn(-c2cc(C(C)(C)C)cc(C3(C)CC3)c2)c1C(=O)N1CCCCC1. The monoisotopic (exact) mass is 519 g/mol. The molecule has 1 aromatic carbocycles. The van der Waals surface area contributed by atoms with E-state index in [1.54, 1.807) is 0 Å². The number of carbonyl (C=O) groups is 3. The molecule has 204 valence electrons. The molecule has 0 spiro atoms. The molecule has 7 heteroatoms. The third-order valence-electron chi connectivity index (χ3n) is 8.93. The molecule has 1 aliphatic heterocycles. The van der Waals surface area contributed by atoms with Crippen molar-refractivity contribution in [3.05, 3.63) is 52.3 Å². The van der Waals surface area contributed by atoms with Gasteiger partial charge in [-0.15, -0.1) is 0 Å². The first-order valence-corrected chi connectivity index (χ1v) is 14.1. The minimum absolute atomic E-state index is 0.0313. The number of hydrogen-bond acceptors (Lipinski definition) is 3. The fourth-order valence-electron chi connectivity index (χ4n) is 5.75. The number of benzene rings is 1. The van der Waals surface area contributed by atoms with Gasteiger partial charge in [-0.3, -0.25) is 14.4 Å². The number of hydrogen-bond donors (Lipinski definition) is 2. The standard InChI is InChI=1S/C31H41N3O4/c1-19-25(27(35)32-23-13-20(14-23)29(37)38)18-34(26(19)28(36)33-11-7-6-8-12-33)24-16-21(30(2,3)4)15-22(17-24)31(5)9-10-31/h15-18,20,23H,6-14H2,1-5H3,(H,32,35)(H,37,38)/t20-,23-. The van der Waals surface area contributed by atoms with Crippen LogP contribution in [-0.2, 0) is 15.6 Å². The van der Waals surface area contributed by atoms with Gasteiger partial charge in [0, 0.05) is 31.0 Å². The number of amides is 2. The van der Waals surface area contributed by atoms with Crippen molar-refractivity contribution in [3.63, 3.8) is 0 Å². The number of nitrogens with zero attached hydrogens (tertiary/aromatic N) is 2. The van der Waals surface area contributed by atoms with Gasteiger partial charge in [0.05, 0.1) is 11.5 Å². The van der Waals surface area contributed by atoms with Crippen molar-refractivity contribution < 1.29 is 19.5 Å². The van der Waals surface area contributed by atoms with Crippen molar-refractivity contribution >= 4 is 17.8 Å². The number of carboxylic acids is 1. The Hall–Kier alpha value is -3.09. The molecular formula is C31H41N3O4. The van der Waals surface area contributed by atoms with Crippen LogP contribution in [0.1, 0.15) is 110 Å². The molecule has 0 radical (unpaired) electrons. The first kappa shape index (κ1) is 26.5. The van der Waals surface area contributed by atoms with Crippen LogP contribution in [0.5, 0.6) is 0 Å². The van der Waals surface area contributed by atoms with E-state index < -0.39 is 11.9 Å². The van der Waals surface area contributed by atoms with E-state index in [0.29, 0.717) is 29.7 Å². The average Bonchev–Trinajstić information content (AvgIpc) is 3.51. The Morgan fingerprint density at radius 2 is 1.68 bits per heavy atom. The van der Waals surface area contributed by atoms with Crippen LogP contribution in [0, 0.1) is 12.8 Å². The van der Waals surface area contributed by atoms with Crippen molar-refractivity contribution in [1.29, 1.82) is 0 Å². The summed E-state index contributed by atoms with van der Waals surface area (Å²) in [6.45, 7) is 12.2. The minimum Gasteiger partial charge on any atom is -0.481 e. The molecule has 1 aromatic heterocycles. The van der Waals surface area contributed by atoms with Gasteiger partial charge in [-0.05, 0) is 91.5 Å². The zero-order valence-electron chi connectivity index (χ0n) is 23.4. The van der Waals surface area contributed by atoms with Crippen molar-refractivity contribution in [2.45, 2.75) is 96.4 Å². The zero-order valence-corrected chi connectivity index (χ0v) is 23.4. The van der Waals surface area contributed by atoms with Crippen LogP contribution in [0.4, 0.5) is 0 Å². The third kappa shape index (κ3) is 4.99. The fourth-order valence-corrected chi connectivity index (χ4v) is 5.75. The normalized spacial score (nSPS) is 22.5. The topological polar surface area (TPSA) is 91.6 Å². The predicted octanol–water partition coefficient (Wildman–Crippen LogP) is 5.35. The van der Waals surface area contributed by atoms with Gasteiger partial charge in [0.15, 0.2) is 0 Å². The number of aliphatic carboxylic acids is 1. The van der Waals surface area contributed by atoms with E-state index in [9.17, 15) is 19.5 Å². The van der Waals surface area contributed by atoms with Crippen molar-refractivity contribution in [2.75, 3.05) is 13.1 Å². The second-order valence-corrected chi connectivity index (χ2v) is 13.0. The number of aromatic nitrogens is 1. The number of likely N-dealkylation sites (tertiary alicyclic amines) is 1. The van der Waals surface area contributed by atoms with E-state index in [2.05, 4.69) is 51.2 Å². The molecule has 3 fully saturated rings. The number of piperidine rings is 1. The zero-order chi connectivity index (χ0) is 27.4. The van der Waals surface area contributed by atoms with E-state index in [-0.39, 0.29) is 28.7 Å². The summed E-state index contributed by atoms with van der Waals surface area (Å²) in [6.07, 6.45) is 8.11. The van der Waals surface area contributed by atoms with Gasteiger partial charge >= 0.3 is 5.97 Å². The number of nitrogens with one attached hydrogen (secondary N) is 1. The lowest BCUT2D eigenvalue weighted by atomic mass is 9.80. The molecule has 2 amide bonds. The van der Waals surface area contributed by atoms with E-state index >= 15 is 0 Å². The van der Waals surface area contributed by atoms with Crippen LogP contribution in [0.25, 0.3) is 5.69 Å². The molecular weight excluding hydrogens is 478 g/mol. The maximum absolute atomic E-state index is 13.9. The molecule has 2 heterocycles. The Balaban J connectivity index is 1.57. The first-order chi connectivity index (χ1) is 17.9. The number of carbonyl (C=O) groups excluding carboxylic acids is 2. The van der Waals surface area contributed by atoms with Gasteiger partial charge < -0.3 is 19.9 Å². The molecule has 0 unspecified atom stereocenters. The van der Waals surface area contributed by atoms with Crippen LogP contribution in [0.3, 0.4) is 0 Å². The van der Waals surface area contributed by atoms with Gasteiger partial charge in [0.25, 0.3) is 11.8 Å². The van der Waals surface area contributed by atoms with Gasteiger partial charge in [-0.2, -0.15) is 0 Å². The second kappa shape index (κ2) is 9.58. The fraction of sp³-hybridized carbons (Fsp3) is 0.581. The molecule has 2 saturated carbocycles. The molecule has 2 aliphatic carbocycles. The number of rotatable bonds is 6. The number of carboxylic acid groups (broad SMARTS) is 1. The quantitative estimate of drug-likeness (QED) is 0.538. The van der Waals surface area contributed by atoms with Gasteiger partial charge in [-0.1, -0.05) is 33.8 Å². The van der Waals surface area contributed by atoms with Gasteiger partial charge in [0.1, 0.15) is 5.69 Å². The highest BCUT2D eigenvalue weighted by Crippen LogP contribution is 2.49. The van der Waals surface area contributed by atoms with E-state index in [1.165, 1.54) is 11.1 Å². The van der Waals surface area contributed by atoms with Gasteiger partial charge in [-0.25, -0.2) is 0 Å². The Morgan fingerprint density at radius 3 is 2.26 bits per heavy atom. The molecule has 7 nitrogen and oxygen atoms in total. The van der Waals surface area contributed by atoms with Crippen molar-refractivity contribution in [3.8, 4) is 5.69 Å². The van der Waals surface area contributed by atoms with Crippen LogP contribution in [0.15, 0.2) is 24.4 Å². The maximum atomic E-state index is 13.9. The molecule has 2 aromatic rings. The average molecular weight is 520 g/mol. The molecule has 0 bridgehead atoms. The maximum Gasteiger partial charge on any atom is 0.306 e. The lowest BCUT2D eigenvalue weighted by molar-refractivity contribution is -0.145. The highest BCUT2D eigenvalue weighted by atomic mass is 16.4. The summed E-state index contributed by atoms with van der Waals surface area (Å²) >= 11 is 0. The lowest BCUT2D eigenvalue weighted by Crippen LogP contribution is -2.46. The summed E-state index contributed by atoms with van der Waals surface area (Å²) in [5.74, 6) is -1.49. The largest absolute Gasteiger partial charge is 0.481 e. The molecule has 3 aliphatic rings. The lowest BCUT2D eigenvalue weighted by Gasteiger charge is -2.32. The van der Waals surface area contributed by atoms with Crippen LogP contribution < -0.4 is 5.32 Å². The summed E-state index contributed by atoms with van der Waals surface area (Å²) < 4.78 is 1.94.